The number of hydrogen-bond acceptors (Lipinski definition) is 5. The van der Waals surface area contributed by atoms with Crippen LogP contribution >= 0.6 is 0 Å². The summed E-state index contributed by atoms with van der Waals surface area (Å²) >= 11 is 0. The molecular weight excluding hydrogens is 430 g/mol. The van der Waals surface area contributed by atoms with Crippen LogP contribution in [0, 0.1) is 0 Å². The number of hydrogen-bond donors (Lipinski definition) is 1. The predicted molar refractivity (Wildman–Crippen MR) is 129 cm³/mol. The Hall–Kier alpha value is -3.39. The first-order valence-corrected chi connectivity index (χ1v) is 12.0. The maximum atomic E-state index is 13.9. The summed E-state index contributed by atoms with van der Waals surface area (Å²) in [5, 5.41) is 2.78. The van der Waals surface area contributed by atoms with Gasteiger partial charge in [-0.05, 0) is 24.6 Å². The Kier molecular flexibility index (Phi) is 6.24. The van der Waals surface area contributed by atoms with E-state index in [1.54, 1.807) is 11.8 Å². The molecule has 0 aliphatic carbocycles. The first-order chi connectivity index (χ1) is 16.5. The molecule has 8 nitrogen and oxygen atoms in total. The van der Waals surface area contributed by atoms with Crippen molar-refractivity contribution in [2.24, 2.45) is 0 Å². The topological polar surface area (TPSA) is 76.2 Å². The van der Waals surface area contributed by atoms with Crippen LogP contribution in [-0.4, -0.2) is 90.3 Å². The first-order valence-electron chi connectivity index (χ1n) is 12.0. The van der Waals surface area contributed by atoms with Gasteiger partial charge >= 0.3 is 0 Å². The molecule has 0 aromatic heterocycles. The molecule has 3 saturated heterocycles. The van der Waals surface area contributed by atoms with E-state index in [1.165, 1.54) is 5.69 Å². The zero-order valence-electron chi connectivity index (χ0n) is 19.5. The average Bonchev–Trinajstić information content (AvgIpc) is 2.89. The van der Waals surface area contributed by atoms with E-state index in [0.717, 1.165) is 18.7 Å². The fourth-order valence-corrected chi connectivity index (χ4v) is 5.29. The second kappa shape index (κ2) is 9.46. The Morgan fingerprint density at radius 1 is 0.882 bits per heavy atom. The molecule has 3 amide bonds. The number of amides is 3. The van der Waals surface area contributed by atoms with Gasteiger partial charge in [-0.3, -0.25) is 19.3 Å². The van der Waals surface area contributed by atoms with Crippen molar-refractivity contribution < 1.29 is 14.4 Å². The fourth-order valence-electron chi connectivity index (χ4n) is 5.29. The number of nitrogens with one attached hydrogen (secondary N) is 1. The second-order valence-electron chi connectivity index (χ2n) is 9.23. The van der Waals surface area contributed by atoms with Crippen molar-refractivity contribution in [3.63, 3.8) is 0 Å². The van der Waals surface area contributed by atoms with Crippen LogP contribution in [0.2, 0.25) is 0 Å². The first kappa shape index (κ1) is 22.4. The molecule has 1 unspecified atom stereocenters. The molecule has 0 radical (unpaired) electrons. The molecule has 3 fully saturated rings. The normalized spacial score (nSPS) is 24.4. The van der Waals surface area contributed by atoms with E-state index in [-0.39, 0.29) is 17.7 Å². The highest BCUT2D eigenvalue weighted by Gasteiger charge is 2.45. The van der Waals surface area contributed by atoms with Crippen LogP contribution in [0.4, 0.5) is 5.69 Å². The molecule has 2 aromatic rings. The van der Waals surface area contributed by atoms with Crippen molar-refractivity contribution in [1.29, 1.82) is 0 Å². The molecule has 8 heteroatoms. The molecule has 0 spiro atoms. The van der Waals surface area contributed by atoms with Gasteiger partial charge in [0.2, 0.25) is 17.7 Å². The van der Waals surface area contributed by atoms with Gasteiger partial charge in [0.1, 0.15) is 18.1 Å². The summed E-state index contributed by atoms with van der Waals surface area (Å²) in [6, 6.07) is 18.5. The SMILES string of the molecule is C[C@@H]1NC(=O)[C@H]2CN(C(C(=O)N3CCN(c4ccccc4)CC3)c3ccccc3)CCN2C1=O. The standard InChI is InChI=1S/C26H31N5O3/c1-19-25(33)31-17-16-30(18-22(31)24(32)27-19)23(20-8-4-2-5-9-20)26(34)29-14-12-28(13-15-29)21-10-6-3-7-11-21/h2-11,19,22-23H,12-18H2,1H3,(H,27,32)/t19-,22+,23?/m0/s1. The van der Waals surface area contributed by atoms with E-state index in [0.29, 0.717) is 32.7 Å². The quantitative estimate of drug-likeness (QED) is 0.738. The van der Waals surface area contributed by atoms with Gasteiger partial charge in [0.15, 0.2) is 0 Å². The minimum absolute atomic E-state index is 0.0520. The van der Waals surface area contributed by atoms with Crippen LogP contribution in [0.1, 0.15) is 18.5 Å². The number of carbonyl (C=O) groups excluding carboxylic acids is 3. The third kappa shape index (κ3) is 4.25. The van der Waals surface area contributed by atoms with Crippen LogP contribution < -0.4 is 10.2 Å². The lowest BCUT2D eigenvalue weighted by atomic mass is 9.98. The molecule has 0 saturated carbocycles. The van der Waals surface area contributed by atoms with E-state index >= 15 is 0 Å². The highest BCUT2D eigenvalue weighted by Crippen LogP contribution is 2.28. The Labute approximate surface area is 200 Å². The number of nitrogens with zero attached hydrogens (tertiary/aromatic N) is 4. The summed E-state index contributed by atoms with van der Waals surface area (Å²) in [4.78, 5) is 47.2. The number of benzene rings is 2. The fraction of sp³-hybridized carbons (Fsp3) is 0.423. The Morgan fingerprint density at radius 2 is 1.53 bits per heavy atom. The highest BCUT2D eigenvalue weighted by molar-refractivity contribution is 5.97. The summed E-state index contributed by atoms with van der Waals surface area (Å²) in [5.41, 5.74) is 2.09. The molecular formula is C26H31N5O3. The molecule has 3 aliphatic heterocycles. The van der Waals surface area contributed by atoms with Crippen LogP contribution in [0.15, 0.2) is 60.7 Å². The van der Waals surface area contributed by atoms with Crippen molar-refractivity contribution in [1.82, 2.24) is 20.0 Å². The molecule has 1 N–H and O–H groups in total. The van der Waals surface area contributed by atoms with E-state index in [2.05, 4.69) is 27.2 Å². The summed E-state index contributed by atoms with van der Waals surface area (Å²) in [6.07, 6.45) is 0. The van der Waals surface area contributed by atoms with Crippen molar-refractivity contribution in [3.05, 3.63) is 66.2 Å². The molecule has 3 heterocycles. The molecule has 34 heavy (non-hydrogen) atoms. The van der Waals surface area contributed by atoms with E-state index in [4.69, 9.17) is 0 Å². The van der Waals surface area contributed by atoms with Crippen LogP contribution in [0.25, 0.3) is 0 Å². The summed E-state index contributed by atoms with van der Waals surface area (Å²) in [6.45, 7) is 5.92. The van der Waals surface area contributed by atoms with E-state index < -0.39 is 18.1 Å². The summed E-state index contributed by atoms with van der Waals surface area (Å²) < 4.78 is 0. The van der Waals surface area contributed by atoms with Crippen molar-refractivity contribution in [2.45, 2.75) is 25.0 Å². The zero-order chi connectivity index (χ0) is 23.7. The molecule has 2 aromatic carbocycles. The third-order valence-corrected chi connectivity index (χ3v) is 7.15. The lowest BCUT2D eigenvalue weighted by Crippen LogP contribution is -2.69. The maximum Gasteiger partial charge on any atom is 0.245 e. The third-order valence-electron chi connectivity index (χ3n) is 7.15. The molecule has 3 aliphatic rings. The molecule has 5 rings (SSSR count). The number of carbonyl (C=O) groups is 3. The lowest BCUT2D eigenvalue weighted by Gasteiger charge is -2.47. The van der Waals surface area contributed by atoms with Gasteiger partial charge in [0, 0.05) is 51.5 Å². The number of anilines is 1. The smallest absolute Gasteiger partial charge is 0.245 e. The van der Waals surface area contributed by atoms with Gasteiger partial charge in [-0.25, -0.2) is 0 Å². The predicted octanol–water partition coefficient (Wildman–Crippen LogP) is 1.11. The van der Waals surface area contributed by atoms with Gasteiger partial charge in [-0.2, -0.15) is 0 Å². The maximum absolute atomic E-state index is 13.9. The summed E-state index contributed by atoms with van der Waals surface area (Å²) in [5.74, 6) is -0.139. The van der Waals surface area contributed by atoms with Gasteiger partial charge in [-0.15, -0.1) is 0 Å². The molecule has 0 bridgehead atoms. The Balaban J connectivity index is 1.34. The summed E-state index contributed by atoms with van der Waals surface area (Å²) in [7, 11) is 0. The van der Waals surface area contributed by atoms with Gasteiger partial charge in [-0.1, -0.05) is 48.5 Å². The molecule has 178 valence electrons. The zero-order valence-corrected chi connectivity index (χ0v) is 19.5. The Bertz CT molecular complexity index is 1040. The van der Waals surface area contributed by atoms with Gasteiger partial charge < -0.3 is 20.0 Å². The van der Waals surface area contributed by atoms with E-state index in [9.17, 15) is 14.4 Å². The van der Waals surface area contributed by atoms with Gasteiger partial charge in [0.05, 0.1) is 0 Å². The highest BCUT2D eigenvalue weighted by atomic mass is 16.2. The van der Waals surface area contributed by atoms with Crippen molar-refractivity contribution >= 4 is 23.4 Å². The van der Waals surface area contributed by atoms with Gasteiger partial charge in [0.25, 0.3) is 0 Å². The number of para-hydroxylation sites is 1. The minimum atomic E-state index is -0.564. The number of fused-ring (bicyclic) bond motifs is 1. The number of rotatable bonds is 4. The van der Waals surface area contributed by atoms with Crippen LogP contribution in [0.3, 0.4) is 0 Å². The minimum Gasteiger partial charge on any atom is -0.368 e. The number of piperazine rings is 3. The van der Waals surface area contributed by atoms with Crippen molar-refractivity contribution in [3.8, 4) is 0 Å². The average molecular weight is 462 g/mol. The second-order valence-corrected chi connectivity index (χ2v) is 9.23. The molecule has 3 atom stereocenters. The largest absolute Gasteiger partial charge is 0.368 e. The van der Waals surface area contributed by atoms with Crippen LogP contribution in [0.5, 0.6) is 0 Å². The van der Waals surface area contributed by atoms with E-state index in [1.807, 2.05) is 53.4 Å². The lowest BCUT2D eigenvalue weighted by molar-refractivity contribution is -0.155. The monoisotopic (exact) mass is 461 g/mol. The Morgan fingerprint density at radius 3 is 2.21 bits per heavy atom. The van der Waals surface area contributed by atoms with Crippen molar-refractivity contribution in [2.75, 3.05) is 50.7 Å². The van der Waals surface area contributed by atoms with Crippen LogP contribution in [-0.2, 0) is 14.4 Å².